The third kappa shape index (κ3) is 4.05. The fourth-order valence-corrected chi connectivity index (χ4v) is 1.54. The zero-order valence-electron chi connectivity index (χ0n) is 9.41. The van der Waals surface area contributed by atoms with Gasteiger partial charge in [0, 0.05) is 19.8 Å². The molecule has 6 heteroatoms. The molecule has 0 spiro atoms. The van der Waals surface area contributed by atoms with E-state index in [4.69, 9.17) is 20.3 Å². The smallest absolute Gasteiger partial charge is 0.240 e. The Balaban J connectivity index is 2.18. The van der Waals surface area contributed by atoms with Gasteiger partial charge in [0.25, 0.3) is 0 Å². The summed E-state index contributed by atoms with van der Waals surface area (Å²) in [6, 6.07) is 0. The zero-order valence-corrected chi connectivity index (χ0v) is 9.41. The molecule has 1 heterocycles. The summed E-state index contributed by atoms with van der Waals surface area (Å²) in [6.07, 6.45) is 1.10. The molecule has 0 bridgehead atoms. The van der Waals surface area contributed by atoms with Crippen molar-refractivity contribution in [3.05, 3.63) is 0 Å². The Bertz CT molecular complexity index is 217. The minimum absolute atomic E-state index is 0.00783. The third-order valence-corrected chi connectivity index (χ3v) is 2.60. The Morgan fingerprint density at radius 2 is 2.12 bits per heavy atom. The Hall–Kier alpha value is -0.690. The second-order valence-electron chi connectivity index (χ2n) is 3.86. The molecule has 94 valence electrons. The molecule has 0 unspecified atom stereocenters. The average molecular weight is 232 g/mol. The van der Waals surface area contributed by atoms with E-state index in [0.29, 0.717) is 39.2 Å². The lowest BCUT2D eigenvalue weighted by molar-refractivity contribution is -0.130. The van der Waals surface area contributed by atoms with E-state index >= 15 is 0 Å². The minimum Gasteiger partial charge on any atom is -0.394 e. The van der Waals surface area contributed by atoms with Gasteiger partial charge in [0.15, 0.2) is 0 Å². The van der Waals surface area contributed by atoms with Crippen molar-refractivity contribution < 1.29 is 19.4 Å². The quantitative estimate of drug-likeness (QED) is 0.491. The average Bonchev–Trinajstić information content (AvgIpc) is 2.29. The number of hydrogen-bond acceptors (Lipinski definition) is 5. The van der Waals surface area contributed by atoms with Crippen molar-refractivity contribution in [1.82, 2.24) is 5.32 Å². The van der Waals surface area contributed by atoms with E-state index < -0.39 is 5.54 Å². The highest BCUT2D eigenvalue weighted by molar-refractivity contribution is 5.86. The maximum atomic E-state index is 11.8. The van der Waals surface area contributed by atoms with Crippen LogP contribution in [0, 0.1) is 0 Å². The number of aliphatic hydroxyl groups is 1. The third-order valence-electron chi connectivity index (χ3n) is 2.60. The number of carbonyl (C=O) groups excluding carboxylic acids is 1. The van der Waals surface area contributed by atoms with E-state index in [1.54, 1.807) is 0 Å². The van der Waals surface area contributed by atoms with Crippen LogP contribution in [0.4, 0.5) is 0 Å². The number of hydrogen-bond donors (Lipinski definition) is 3. The van der Waals surface area contributed by atoms with Gasteiger partial charge in [-0.2, -0.15) is 0 Å². The first-order valence-corrected chi connectivity index (χ1v) is 5.52. The number of nitrogens with two attached hydrogens (primary N) is 1. The van der Waals surface area contributed by atoms with Crippen molar-refractivity contribution in [2.24, 2.45) is 5.73 Å². The molecule has 0 aromatic heterocycles. The highest BCUT2D eigenvalue weighted by Crippen LogP contribution is 2.17. The number of nitrogens with one attached hydrogen (secondary N) is 1. The topological polar surface area (TPSA) is 93.8 Å². The summed E-state index contributed by atoms with van der Waals surface area (Å²) in [4.78, 5) is 11.8. The first kappa shape index (κ1) is 13.4. The molecule has 1 aliphatic rings. The molecule has 1 saturated heterocycles. The van der Waals surface area contributed by atoms with Gasteiger partial charge in [-0.05, 0) is 12.8 Å². The van der Waals surface area contributed by atoms with Crippen LogP contribution < -0.4 is 11.1 Å². The molecule has 0 saturated carbocycles. The van der Waals surface area contributed by atoms with Gasteiger partial charge >= 0.3 is 0 Å². The normalized spacial score (nSPS) is 19.4. The summed E-state index contributed by atoms with van der Waals surface area (Å²) in [5, 5.41) is 11.2. The number of amides is 1. The largest absolute Gasteiger partial charge is 0.394 e. The van der Waals surface area contributed by atoms with E-state index in [2.05, 4.69) is 5.32 Å². The summed E-state index contributed by atoms with van der Waals surface area (Å²) >= 11 is 0. The Morgan fingerprint density at radius 3 is 2.75 bits per heavy atom. The van der Waals surface area contributed by atoms with Gasteiger partial charge in [-0.25, -0.2) is 0 Å². The molecular weight excluding hydrogens is 212 g/mol. The summed E-state index contributed by atoms with van der Waals surface area (Å²) in [6.45, 7) is 2.15. The predicted octanol–water partition coefficient (Wildman–Crippen LogP) is -1.38. The molecule has 0 radical (unpaired) electrons. The van der Waals surface area contributed by atoms with Gasteiger partial charge in [0.1, 0.15) is 0 Å². The predicted molar refractivity (Wildman–Crippen MR) is 57.9 cm³/mol. The van der Waals surface area contributed by atoms with E-state index in [9.17, 15) is 4.79 Å². The van der Waals surface area contributed by atoms with Crippen molar-refractivity contribution in [3.63, 3.8) is 0 Å². The minimum atomic E-state index is -0.796. The van der Waals surface area contributed by atoms with Crippen LogP contribution in [0.15, 0.2) is 0 Å². The van der Waals surface area contributed by atoms with Crippen molar-refractivity contribution in [1.29, 1.82) is 0 Å². The fourth-order valence-electron chi connectivity index (χ4n) is 1.54. The summed E-state index contributed by atoms with van der Waals surface area (Å²) in [5.74, 6) is -0.150. The van der Waals surface area contributed by atoms with Gasteiger partial charge in [0.2, 0.25) is 5.91 Å². The second-order valence-corrected chi connectivity index (χ2v) is 3.86. The number of ether oxygens (including phenoxy) is 2. The first-order valence-electron chi connectivity index (χ1n) is 5.52. The highest BCUT2D eigenvalue weighted by Gasteiger charge is 2.35. The van der Waals surface area contributed by atoms with Gasteiger partial charge in [-0.3, -0.25) is 4.79 Å². The van der Waals surface area contributed by atoms with Crippen LogP contribution in [-0.2, 0) is 14.3 Å². The Labute approximate surface area is 95.1 Å². The molecule has 6 nitrogen and oxygen atoms in total. The van der Waals surface area contributed by atoms with Crippen LogP contribution in [0.3, 0.4) is 0 Å². The van der Waals surface area contributed by atoms with Gasteiger partial charge < -0.3 is 25.6 Å². The van der Waals surface area contributed by atoms with Crippen LogP contribution >= 0.6 is 0 Å². The van der Waals surface area contributed by atoms with Crippen molar-refractivity contribution in [2.75, 3.05) is 39.6 Å². The van der Waals surface area contributed by atoms with Crippen LogP contribution in [0.5, 0.6) is 0 Å². The molecule has 1 aliphatic heterocycles. The van der Waals surface area contributed by atoms with Crippen LogP contribution in [0.2, 0.25) is 0 Å². The molecular formula is C10H20N2O4. The molecule has 0 aromatic rings. The van der Waals surface area contributed by atoms with E-state index in [0.717, 1.165) is 0 Å². The van der Waals surface area contributed by atoms with Crippen LogP contribution in [0.1, 0.15) is 12.8 Å². The summed E-state index contributed by atoms with van der Waals surface area (Å²) in [7, 11) is 0. The number of carbonyl (C=O) groups is 1. The molecule has 1 fully saturated rings. The maximum Gasteiger partial charge on any atom is 0.240 e. The van der Waals surface area contributed by atoms with Crippen molar-refractivity contribution in [2.45, 2.75) is 18.4 Å². The molecule has 1 amide bonds. The highest BCUT2D eigenvalue weighted by atomic mass is 16.5. The maximum absolute atomic E-state index is 11.8. The molecule has 0 atom stereocenters. The van der Waals surface area contributed by atoms with E-state index in [1.807, 2.05) is 0 Å². The van der Waals surface area contributed by atoms with Crippen molar-refractivity contribution >= 4 is 5.91 Å². The lowest BCUT2D eigenvalue weighted by Gasteiger charge is -2.31. The van der Waals surface area contributed by atoms with Crippen LogP contribution in [-0.4, -0.2) is 56.1 Å². The van der Waals surface area contributed by atoms with Crippen molar-refractivity contribution in [3.8, 4) is 0 Å². The molecule has 0 aliphatic carbocycles. The summed E-state index contributed by atoms with van der Waals surface area (Å²) in [5.41, 5.74) is 5.17. The Morgan fingerprint density at radius 1 is 1.44 bits per heavy atom. The monoisotopic (exact) mass is 232 g/mol. The second kappa shape index (κ2) is 6.80. The summed E-state index contributed by atoms with van der Waals surface area (Å²) < 4.78 is 10.2. The molecule has 16 heavy (non-hydrogen) atoms. The standard InChI is InChI=1S/C10H20N2O4/c11-10(1-5-15-6-2-10)9(14)12-3-7-16-8-4-13/h13H,1-8,11H2,(H,12,14). The van der Waals surface area contributed by atoms with Gasteiger partial charge in [-0.15, -0.1) is 0 Å². The molecule has 1 rings (SSSR count). The SMILES string of the molecule is NC1(C(=O)NCCOCCO)CCOCC1. The fraction of sp³-hybridized carbons (Fsp3) is 0.900. The zero-order chi connectivity index (χ0) is 11.9. The lowest BCUT2D eigenvalue weighted by atomic mass is 9.90. The van der Waals surface area contributed by atoms with Crippen LogP contribution in [0.25, 0.3) is 0 Å². The molecule has 0 aromatic carbocycles. The number of rotatable bonds is 6. The van der Waals surface area contributed by atoms with E-state index in [-0.39, 0.29) is 19.1 Å². The Kier molecular flexibility index (Phi) is 5.68. The molecule has 4 N–H and O–H groups in total. The first-order chi connectivity index (χ1) is 7.69. The van der Waals surface area contributed by atoms with E-state index in [1.165, 1.54) is 0 Å². The van der Waals surface area contributed by atoms with Gasteiger partial charge in [-0.1, -0.05) is 0 Å². The lowest BCUT2D eigenvalue weighted by Crippen LogP contribution is -2.57. The number of aliphatic hydroxyl groups excluding tert-OH is 1. The van der Waals surface area contributed by atoms with Gasteiger partial charge in [0.05, 0.1) is 25.4 Å².